The van der Waals surface area contributed by atoms with Gasteiger partial charge in [0.1, 0.15) is 0 Å². The van der Waals surface area contributed by atoms with Crippen LogP contribution < -0.4 is 5.32 Å². The van der Waals surface area contributed by atoms with Crippen molar-refractivity contribution in [2.45, 2.75) is 40.2 Å². The molecule has 4 heteroatoms. The Labute approximate surface area is 88.6 Å². The third-order valence-electron chi connectivity index (χ3n) is 2.03. The SMILES string of the molecule is CCC(=O)NC(C)c1sc(C)nc1C. The predicted octanol–water partition coefficient (Wildman–Crippen LogP) is 2.35. The van der Waals surface area contributed by atoms with E-state index in [1.807, 2.05) is 27.7 Å². The average Bonchev–Trinajstić information content (AvgIpc) is 2.45. The van der Waals surface area contributed by atoms with Gasteiger partial charge in [0.2, 0.25) is 5.91 Å². The van der Waals surface area contributed by atoms with E-state index in [-0.39, 0.29) is 11.9 Å². The van der Waals surface area contributed by atoms with Crippen LogP contribution in [0.15, 0.2) is 0 Å². The van der Waals surface area contributed by atoms with Gasteiger partial charge < -0.3 is 5.32 Å². The molecule has 0 fully saturated rings. The summed E-state index contributed by atoms with van der Waals surface area (Å²) < 4.78 is 0. The number of hydrogen-bond acceptors (Lipinski definition) is 3. The van der Waals surface area contributed by atoms with Crippen LogP contribution in [0.4, 0.5) is 0 Å². The predicted molar refractivity (Wildman–Crippen MR) is 58.4 cm³/mol. The first kappa shape index (κ1) is 11.2. The monoisotopic (exact) mass is 212 g/mol. The van der Waals surface area contributed by atoms with Gasteiger partial charge >= 0.3 is 0 Å². The molecular formula is C10H16N2OS. The van der Waals surface area contributed by atoms with Gasteiger partial charge in [0.25, 0.3) is 0 Å². The molecule has 1 unspecified atom stereocenters. The zero-order valence-electron chi connectivity index (χ0n) is 9.05. The largest absolute Gasteiger partial charge is 0.349 e. The topological polar surface area (TPSA) is 42.0 Å². The van der Waals surface area contributed by atoms with Crippen LogP contribution in [0.3, 0.4) is 0 Å². The molecule has 1 rings (SSSR count). The standard InChI is InChI=1S/C10H16N2OS/c1-5-9(13)12-7(3)10-6(2)11-8(4)14-10/h7H,5H2,1-4H3,(H,12,13). The average molecular weight is 212 g/mol. The molecule has 0 spiro atoms. The van der Waals surface area contributed by atoms with E-state index in [0.29, 0.717) is 6.42 Å². The van der Waals surface area contributed by atoms with Gasteiger partial charge in [0.15, 0.2) is 0 Å². The van der Waals surface area contributed by atoms with Crippen LogP contribution in [0, 0.1) is 13.8 Å². The summed E-state index contributed by atoms with van der Waals surface area (Å²) in [5.41, 5.74) is 1.02. The molecule has 1 N–H and O–H groups in total. The lowest BCUT2D eigenvalue weighted by molar-refractivity contribution is -0.121. The minimum atomic E-state index is 0.0775. The van der Waals surface area contributed by atoms with Crippen LogP contribution >= 0.6 is 11.3 Å². The van der Waals surface area contributed by atoms with Gasteiger partial charge in [-0.3, -0.25) is 4.79 Å². The number of amides is 1. The molecule has 3 nitrogen and oxygen atoms in total. The first-order valence-electron chi connectivity index (χ1n) is 4.77. The fourth-order valence-electron chi connectivity index (χ4n) is 1.36. The van der Waals surface area contributed by atoms with E-state index in [4.69, 9.17) is 0 Å². The van der Waals surface area contributed by atoms with Crippen LogP contribution in [0.25, 0.3) is 0 Å². The molecule has 0 bridgehead atoms. The van der Waals surface area contributed by atoms with Crippen molar-refractivity contribution >= 4 is 17.2 Å². The maximum absolute atomic E-state index is 11.2. The molecule has 1 atom stereocenters. The summed E-state index contributed by atoms with van der Waals surface area (Å²) in [5, 5.41) is 3.98. The maximum atomic E-state index is 11.2. The van der Waals surface area contributed by atoms with Crippen molar-refractivity contribution in [1.29, 1.82) is 0 Å². The number of rotatable bonds is 3. The van der Waals surface area contributed by atoms with Crippen molar-refractivity contribution < 1.29 is 4.79 Å². The van der Waals surface area contributed by atoms with Crippen molar-refractivity contribution in [2.24, 2.45) is 0 Å². The van der Waals surface area contributed by atoms with Gasteiger partial charge in [-0.05, 0) is 20.8 Å². The van der Waals surface area contributed by atoms with Crippen LogP contribution in [0.1, 0.15) is 41.9 Å². The molecule has 1 heterocycles. The molecule has 0 aliphatic rings. The molecule has 1 aromatic rings. The van der Waals surface area contributed by atoms with Crippen molar-refractivity contribution in [2.75, 3.05) is 0 Å². The zero-order chi connectivity index (χ0) is 10.7. The number of aromatic nitrogens is 1. The summed E-state index contributed by atoms with van der Waals surface area (Å²) in [6.45, 7) is 7.81. The lowest BCUT2D eigenvalue weighted by Crippen LogP contribution is -2.25. The van der Waals surface area contributed by atoms with Gasteiger partial charge in [-0.25, -0.2) is 4.98 Å². The van der Waals surface area contributed by atoms with Crippen molar-refractivity contribution in [3.63, 3.8) is 0 Å². The van der Waals surface area contributed by atoms with E-state index in [0.717, 1.165) is 15.6 Å². The molecule has 1 amide bonds. The minimum Gasteiger partial charge on any atom is -0.349 e. The minimum absolute atomic E-state index is 0.0775. The highest BCUT2D eigenvalue weighted by atomic mass is 32.1. The Morgan fingerprint density at radius 1 is 1.57 bits per heavy atom. The molecule has 0 saturated carbocycles. The summed E-state index contributed by atoms with van der Waals surface area (Å²) in [7, 11) is 0. The molecule has 0 radical (unpaired) electrons. The van der Waals surface area contributed by atoms with Crippen LogP contribution in [-0.4, -0.2) is 10.9 Å². The zero-order valence-corrected chi connectivity index (χ0v) is 9.86. The Balaban J connectivity index is 2.73. The van der Waals surface area contributed by atoms with Crippen molar-refractivity contribution in [3.05, 3.63) is 15.6 Å². The second-order valence-electron chi connectivity index (χ2n) is 3.33. The Bertz CT molecular complexity index is 333. The van der Waals surface area contributed by atoms with Crippen LogP contribution in [0.2, 0.25) is 0 Å². The summed E-state index contributed by atoms with van der Waals surface area (Å²) in [6, 6.07) is 0.0775. The van der Waals surface area contributed by atoms with Gasteiger partial charge in [0.05, 0.1) is 16.7 Å². The van der Waals surface area contributed by atoms with Gasteiger partial charge in [-0.15, -0.1) is 11.3 Å². The second-order valence-corrected chi connectivity index (χ2v) is 4.56. The quantitative estimate of drug-likeness (QED) is 0.835. The number of carbonyl (C=O) groups excluding carboxylic acids is 1. The fraction of sp³-hybridized carbons (Fsp3) is 0.600. The van der Waals surface area contributed by atoms with E-state index in [1.54, 1.807) is 11.3 Å². The molecule has 0 saturated heterocycles. The number of hydrogen-bond donors (Lipinski definition) is 1. The molecule has 0 aromatic carbocycles. The number of aryl methyl sites for hydroxylation is 2. The second kappa shape index (κ2) is 4.55. The Morgan fingerprint density at radius 3 is 2.64 bits per heavy atom. The molecule has 0 aliphatic heterocycles. The highest BCUT2D eigenvalue weighted by molar-refractivity contribution is 7.11. The number of thiazole rings is 1. The molecular weight excluding hydrogens is 196 g/mol. The summed E-state index contributed by atoms with van der Waals surface area (Å²) in [6.07, 6.45) is 0.529. The highest BCUT2D eigenvalue weighted by Gasteiger charge is 2.13. The summed E-state index contributed by atoms with van der Waals surface area (Å²) in [4.78, 5) is 16.7. The third-order valence-corrected chi connectivity index (χ3v) is 3.29. The lowest BCUT2D eigenvalue weighted by atomic mass is 10.2. The number of nitrogens with one attached hydrogen (secondary N) is 1. The van der Waals surface area contributed by atoms with Crippen LogP contribution in [-0.2, 0) is 4.79 Å². The smallest absolute Gasteiger partial charge is 0.220 e. The first-order valence-corrected chi connectivity index (χ1v) is 5.59. The van der Waals surface area contributed by atoms with Gasteiger partial charge in [-0.2, -0.15) is 0 Å². The van der Waals surface area contributed by atoms with E-state index in [2.05, 4.69) is 10.3 Å². The Morgan fingerprint density at radius 2 is 2.21 bits per heavy atom. The lowest BCUT2D eigenvalue weighted by Gasteiger charge is -2.11. The molecule has 78 valence electrons. The molecule has 1 aromatic heterocycles. The van der Waals surface area contributed by atoms with Gasteiger partial charge in [-0.1, -0.05) is 6.92 Å². The van der Waals surface area contributed by atoms with Crippen molar-refractivity contribution in [1.82, 2.24) is 10.3 Å². The normalized spacial score (nSPS) is 12.6. The maximum Gasteiger partial charge on any atom is 0.220 e. The first-order chi connectivity index (χ1) is 6.54. The Kier molecular flexibility index (Phi) is 3.63. The fourth-order valence-corrected chi connectivity index (χ4v) is 2.29. The number of carbonyl (C=O) groups is 1. The Hall–Kier alpha value is -0.900. The summed E-state index contributed by atoms with van der Waals surface area (Å²) >= 11 is 1.65. The van der Waals surface area contributed by atoms with Crippen LogP contribution in [0.5, 0.6) is 0 Å². The van der Waals surface area contributed by atoms with E-state index >= 15 is 0 Å². The third kappa shape index (κ3) is 2.54. The van der Waals surface area contributed by atoms with Crippen molar-refractivity contribution in [3.8, 4) is 0 Å². The summed E-state index contributed by atoms with van der Waals surface area (Å²) in [5.74, 6) is 0.0861. The molecule has 14 heavy (non-hydrogen) atoms. The van der Waals surface area contributed by atoms with Gasteiger partial charge in [0, 0.05) is 11.3 Å². The van der Waals surface area contributed by atoms with E-state index in [1.165, 1.54) is 0 Å². The molecule has 0 aliphatic carbocycles. The highest BCUT2D eigenvalue weighted by Crippen LogP contribution is 2.24. The van der Waals surface area contributed by atoms with E-state index in [9.17, 15) is 4.79 Å². The number of nitrogens with zero attached hydrogens (tertiary/aromatic N) is 1. The van der Waals surface area contributed by atoms with E-state index < -0.39 is 0 Å².